The van der Waals surface area contributed by atoms with Crippen molar-refractivity contribution in [2.45, 2.75) is 31.6 Å². The molecule has 0 radical (unpaired) electrons. The van der Waals surface area contributed by atoms with Crippen molar-refractivity contribution in [2.24, 2.45) is 0 Å². The van der Waals surface area contributed by atoms with Crippen molar-refractivity contribution in [2.75, 3.05) is 19.7 Å². The lowest BCUT2D eigenvalue weighted by Crippen LogP contribution is -2.46. The van der Waals surface area contributed by atoms with Crippen molar-refractivity contribution in [1.29, 1.82) is 10.5 Å². The molecule has 7 nitrogen and oxygen atoms in total. The maximum atomic E-state index is 12.5. The number of halogens is 1. The Kier molecular flexibility index (Phi) is 6.39. The summed E-state index contributed by atoms with van der Waals surface area (Å²) in [7, 11) is 0. The Bertz CT molecular complexity index is 1080. The molecule has 1 unspecified atom stereocenters. The average molecular weight is 437 g/mol. The highest BCUT2D eigenvalue weighted by Crippen LogP contribution is 2.41. The summed E-state index contributed by atoms with van der Waals surface area (Å²) in [6.45, 7) is 2.08. The van der Waals surface area contributed by atoms with Gasteiger partial charge in [-0.3, -0.25) is 4.79 Å². The highest BCUT2D eigenvalue weighted by Gasteiger charge is 2.25. The number of fused-ring (bicyclic) bond motifs is 3. The Labute approximate surface area is 185 Å². The van der Waals surface area contributed by atoms with Crippen molar-refractivity contribution >= 4 is 17.5 Å². The highest BCUT2D eigenvalue weighted by molar-refractivity contribution is 6.31. The molecule has 0 spiro atoms. The van der Waals surface area contributed by atoms with Gasteiger partial charge in [0.15, 0.2) is 0 Å². The molecular formula is C23H21ClN4O3. The van der Waals surface area contributed by atoms with Gasteiger partial charge in [0.05, 0.1) is 17.7 Å². The lowest BCUT2D eigenvalue weighted by atomic mass is 9.93. The van der Waals surface area contributed by atoms with Gasteiger partial charge in [0.25, 0.3) is 5.91 Å². The Morgan fingerprint density at radius 3 is 2.97 bits per heavy atom. The number of hydrogen-bond donors (Lipinski definition) is 2. The maximum Gasteiger partial charge on any atom is 0.251 e. The average Bonchev–Trinajstić information content (AvgIpc) is 3.08. The summed E-state index contributed by atoms with van der Waals surface area (Å²) in [4.78, 5) is 12.5. The van der Waals surface area contributed by atoms with Crippen molar-refractivity contribution in [1.82, 2.24) is 10.6 Å². The number of nitrogens with one attached hydrogen (secondary N) is 2. The third kappa shape index (κ3) is 4.65. The molecule has 2 aliphatic rings. The molecule has 2 aromatic rings. The van der Waals surface area contributed by atoms with Crippen LogP contribution in [0.5, 0.6) is 5.75 Å². The monoisotopic (exact) mass is 436 g/mol. The van der Waals surface area contributed by atoms with E-state index in [1.807, 2.05) is 24.3 Å². The molecule has 2 aromatic carbocycles. The first-order chi connectivity index (χ1) is 15.1. The standard InChI is InChI=1S/C23H21ClN4O3/c24-20-9-19-18-3-2-14(10-25)6-16(18)13-31-21(19)8-15(20)7-17(11-26)28-23(29)22-12-27-4-1-5-30-22/h2-3,6,8-9,17,22,27H,1,4-5,7,12-13H2,(H,28,29)/t17-,22?/m0/s1. The topological polar surface area (TPSA) is 107 Å². The van der Waals surface area contributed by atoms with Gasteiger partial charge in [0, 0.05) is 30.2 Å². The van der Waals surface area contributed by atoms with Crippen LogP contribution in [-0.4, -0.2) is 37.7 Å². The molecule has 1 saturated heterocycles. The summed E-state index contributed by atoms with van der Waals surface area (Å²) in [6, 6.07) is 12.6. The summed E-state index contributed by atoms with van der Waals surface area (Å²) in [5, 5.41) is 25.1. The van der Waals surface area contributed by atoms with Crippen LogP contribution in [0.2, 0.25) is 5.02 Å². The number of carbonyl (C=O) groups excluding carboxylic acids is 1. The second kappa shape index (κ2) is 9.36. The van der Waals surface area contributed by atoms with Crippen LogP contribution in [-0.2, 0) is 22.6 Å². The summed E-state index contributed by atoms with van der Waals surface area (Å²) in [5.74, 6) is 0.351. The predicted molar refractivity (Wildman–Crippen MR) is 114 cm³/mol. The van der Waals surface area contributed by atoms with Crippen LogP contribution in [0.15, 0.2) is 30.3 Å². The molecular weight excluding hydrogens is 416 g/mol. The van der Waals surface area contributed by atoms with Gasteiger partial charge < -0.3 is 20.1 Å². The van der Waals surface area contributed by atoms with E-state index in [-0.39, 0.29) is 12.3 Å². The molecule has 2 aliphatic heterocycles. The Hall–Kier alpha value is -3.10. The lowest BCUT2D eigenvalue weighted by molar-refractivity contribution is -0.132. The molecule has 0 aromatic heterocycles. The molecule has 4 rings (SSSR count). The first kappa shape index (κ1) is 21.1. The van der Waals surface area contributed by atoms with Crippen LogP contribution in [0, 0.1) is 22.7 Å². The van der Waals surface area contributed by atoms with Crippen molar-refractivity contribution < 1.29 is 14.3 Å². The number of rotatable bonds is 4. The Morgan fingerprint density at radius 2 is 2.16 bits per heavy atom. The zero-order valence-electron chi connectivity index (χ0n) is 16.8. The van der Waals surface area contributed by atoms with Gasteiger partial charge in [-0.2, -0.15) is 10.5 Å². The van der Waals surface area contributed by atoms with Crippen LogP contribution in [0.3, 0.4) is 0 Å². The normalized spacial score (nSPS) is 18.2. The Balaban J connectivity index is 1.52. The highest BCUT2D eigenvalue weighted by atomic mass is 35.5. The number of amides is 1. The van der Waals surface area contributed by atoms with Crippen molar-refractivity contribution in [3.63, 3.8) is 0 Å². The van der Waals surface area contributed by atoms with E-state index < -0.39 is 12.1 Å². The van der Waals surface area contributed by atoms with Crippen LogP contribution in [0.1, 0.15) is 23.1 Å². The molecule has 158 valence electrons. The smallest absolute Gasteiger partial charge is 0.251 e. The fourth-order valence-electron chi connectivity index (χ4n) is 3.78. The van der Waals surface area contributed by atoms with Gasteiger partial charge >= 0.3 is 0 Å². The third-order valence-corrected chi connectivity index (χ3v) is 5.74. The van der Waals surface area contributed by atoms with Crippen molar-refractivity contribution in [3.8, 4) is 29.0 Å². The van der Waals surface area contributed by atoms with Gasteiger partial charge in [-0.1, -0.05) is 17.7 Å². The van der Waals surface area contributed by atoms with Crippen LogP contribution in [0.4, 0.5) is 0 Å². The number of nitriles is 2. The van der Waals surface area contributed by atoms with Crippen molar-refractivity contribution in [3.05, 3.63) is 52.0 Å². The summed E-state index contributed by atoms with van der Waals surface area (Å²) >= 11 is 6.53. The third-order valence-electron chi connectivity index (χ3n) is 5.39. The Morgan fingerprint density at radius 1 is 1.29 bits per heavy atom. The minimum absolute atomic E-state index is 0.248. The number of nitrogens with zero attached hydrogens (tertiary/aromatic N) is 2. The van der Waals surface area contributed by atoms with Crippen LogP contribution in [0.25, 0.3) is 11.1 Å². The van der Waals surface area contributed by atoms with Crippen LogP contribution < -0.4 is 15.4 Å². The first-order valence-corrected chi connectivity index (χ1v) is 10.5. The molecule has 31 heavy (non-hydrogen) atoms. The van der Waals surface area contributed by atoms with Gasteiger partial charge in [-0.25, -0.2) is 0 Å². The van der Waals surface area contributed by atoms with E-state index in [0.29, 0.717) is 41.7 Å². The molecule has 0 aliphatic carbocycles. The van der Waals surface area contributed by atoms with Gasteiger partial charge in [0.1, 0.15) is 24.5 Å². The SMILES string of the molecule is N#Cc1ccc2c(c1)COc1cc(C[C@@H](C#N)NC(=O)C3CNCCCO3)c(Cl)cc1-2. The molecule has 0 bridgehead atoms. The lowest BCUT2D eigenvalue weighted by Gasteiger charge is -2.23. The van der Waals surface area contributed by atoms with E-state index in [2.05, 4.69) is 22.8 Å². The molecule has 1 fully saturated rings. The second-order valence-corrected chi connectivity index (χ2v) is 7.93. The number of hydrogen-bond acceptors (Lipinski definition) is 6. The molecule has 2 heterocycles. The van der Waals surface area contributed by atoms with E-state index >= 15 is 0 Å². The van der Waals surface area contributed by atoms with Gasteiger partial charge in [-0.15, -0.1) is 0 Å². The van der Waals surface area contributed by atoms with E-state index in [0.717, 1.165) is 29.7 Å². The fourth-order valence-corrected chi connectivity index (χ4v) is 4.02. The van der Waals surface area contributed by atoms with Gasteiger partial charge in [-0.05, 0) is 53.9 Å². The molecule has 0 saturated carbocycles. The number of ether oxygens (including phenoxy) is 2. The first-order valence-electron chi connectivity index (χ1n) is 10.1. The molecule has 1 amide bonds. The van der Waals surface area contributed by atoms with E-state index in [4.69, 9.17) is 26.3 Å². The van der Waals surface area contributed by atoms with E-state index in [1.54, 1.807) is 6.07 Å². The molecule has 2 N–H and O–H groups in total. The number of benzene rings is 2. The minimum Gasteiger partial charge on any atom is -0.488 e. The summed E-state index contributed by atoms with van der Waals surface area (Å²) in [6.07, 6.45) is 0.477. The molecule has 8 heteroatoms. The summed E-state index contributed by atoms with van der Waals surface area (Å²) < 4.78 is 11.4. The largest absolute Gasteiger partial charge is 0.488 e. The zero-order valence-corrected chi connectivity index (χ0v) is 17.5. The van der Waals surface area contributed by atoms with Crippen LogP contribution >= 0.6 is 11.6 Å². The second-order valence-electron chi connectivity index (χ2n) is 7.52. The quantitative estimate of drug-likeness (QED) is 0.763. The van der Waals surface area contributed by atoms with E-state index in [1.165, 1.54) is 0 Å². The van der Waals surface area contributed by atoms with E-state index in [9.17, 15) is 10.1 Å². The fraction of sp³-hybridized carbons (Fsp3) is 0.348. The predicted octanol–water partition coefficient (Wildman–Crippen LogP) is 2.70. The zero-order chi connectivity index (χ0) is 21.8. The van der Waals surface area contributed by atoms with Gasteiger partial charge in [0.2, 0.25) is 0 Å². The number of carbonyl (C=O) groups is 1. The maximum absolute atomic E-state index is 12.5. The molecule has 2 atom stereocenters. The summed E-state index contributed by atoms with van der Waals surface area (Å²) in [5.41, 5.74) is 4.03. The minimum atomic E-state index is -0.746.